The van der Waals surface area contributed by atoms with E-state index in [1.54, 1.807) is 36.4 Å². The highest BCUT2D eigenvalue weighted by molar-refractivity contribution is 6.33. The van der Waals surface area contributed by atoms with Gasteiger partial charge in [0, 0.05) is 5.02 Å². The van der Waals surface area contributed by atoms with Gasteiger partial charge in [-0.3, -0.25) is 4.79 Å². The van der Waals surface area contributed by atoms with Gasteiger partial charge in [-0.1, -0.05) is 29.3 Å². The minimum Gasteiger partial charge on any atom is -0.456 e. The van der Waals surface area contributed by atoms with Gasteiger partial charge in [0.2, 0.25) is 0 Å². The summed E-state index contributed by atoms with van der Waals surface area (Å²) in [5.74, 6) is 1.08. The van der Waals surface area contributed by atoms with Crippen molar-refractivity contribution >= 4 is 29.5 Å². The second-order valence-electron chi connectivity index (χ2n) is 3.78. The largest absolute Gasteiger partial charge is 0.456 e. The molecule has 0 amide bonds. The van der Waals surface area contributed by atoms with Gasteiger partial charge in [-0.2, -0.15) is 0 Å². The summed E-state index contributed by atoms with van der Waals surface area (Å²) in [4.78, 5) is 11.0. The van der Waals surface area contributed by atoms with Crippen LogP contribution in [0.1, 0.15) is 15.9 Å². The van der Waals surface area contributed by atoms with Gasteiger partial charge in [-0.05, 0) is 42.8 Å². The summed E-state index contributed by atoms with van der Waals surface area (Å²) in [6.45, 7) is 1.88. The summed E-state index contributed by atoms with van der Waals surface area (Å²) in [6, 6.07) is 10.4. The van der Waals surface area contributed by atoms with Gasteiger partial charge in [-0.25, -0.2) is 0 Å². The van der Waals surface area contributed by atoms with E-state index in [9.17, 15) is 4.79 Å². The molecule has 2 rings (SSSR count). The Kier molecular flexibility index (Phi) is 3.90. The number of benzene rings is 2. The fourth-order valence-electron chi connectivity index (χ4n) is 1.57. The second-order valence-corrected chi connectivity index (χ2v) is 4.63. The van der Waals surface area contributed by atoms with Crippen molar-refractivity contribution in [1.29, 1.82) is 0 Å². The lowest BCUT2D eigenvalue weighted by Gasteiger charge is -2.11. The molecule has 0 N–H and O–H groups in total. The van der Waals surface area contributed by atoms with E-state index in [1.807, 2.05) is 6.92 Å². The third-order valence-corrected chi connectivity index (χ3v) is 3.05. The first kappa shape index (κ1) is 12.9. The topological polar surface area (TPSA) is 26.3 Å². The molecule has 0 aromatic heterocycles. The minimum atomic E-state index is 0.341. The molecule has 0 fully saturated rings. The highest BCUT2D eigenvalue weighted by atomic mass is 35.5. The van der Waals surface area contributed by atoms with E-state index >= 15 is 0 Å². The zero-order valence-corrected chi connectivity index (χ0v) is 11.1. The number of aldehydes is 1. The van der Waals surface area contributed by atoms with Crippen LogP contribution in [0.3, 0.4) is 0 Å². The molecule has 2 aromatic carbocycles. The lowest BCUT2D eigenvalue weighted by Crippen LogP contribution is -1.93. The highest BCUT2D eigenvalue weighted by Gasteiger charge is 2.09. The number of carbonyl (C=O) groups excluding carboxylic acids is 1. The van der Waals surface area contributed by atoms with Crippen LogP contribution in [0.2, 0.25) is 10.0 Å². The van der Waals surface area contributed by atoms with Crippen molar-refractivity contribution in [2.75, 3.05) is 0 Å². The summed E-state index contributed by atoms with van der Waals surface area (Å²) in [6.07, 6.45) is 0.683. The predicted molar refractivity (Wildman–Crippen MR) is 73.1 cm³/mol. The van der Waals surface area contributed by atoms with Gasteiger partial charge in [-0.15, -0.1) is 0 Å². The van der Waals surface area contributed by atoms with Gasteiger partial charge in [0.1, 0.15) is 11.5 Å². The first-order valence-electron chi connectivity index (χ1n) is 5.29. The van der Waals surface area contributed by atoms with E-state index in [1.165, 1.54) is 0 Å². The Balaban J connectivity index is 2.40. The van der Waals surface area contributed by atoms with Crippen LogP contribution < -0.4 is 4.74 Å². The van der Waals surface area contributed by atoms with Crippen molar-refractivity contribution in [3.8, 4) is 11.5 Å². The van der Waals surface area contributed by atoms with Crippen LogP contribution in [0.15, 0.2) is 36.4 Å². The average molecular weight is 281 g/mol. The van der Waals surface area contributed by atoms with Crippen LogP contribution >= 0.6 is 23.2 Å². The van der Waals surface area contributed by atoms with Crippen LogP contribution in [-0.2, 0) is 0 Å². The Morgan fingerprint density at radius 2 is 1.89 bits per heavy atom. The Morgan fingerprint density at radius 3 is 2.56 bits per heavy atom. The molecule has 0 unspecified atom stereocenters. The number of ether oxygens (including phenoxy) is 1. The van der Waals surface area contributed by atoms with Crippen LogP contribution in [0.4, 0.5) is 0 Å². The van der Waals surface area contributed by atoms with Crippen LogP contribution in [0.25, 0.3) is 0 Å². The molecule has 0 bridgehead atoms. The number of aryl methyl sites for hydroxylation is 1. The minimum absolute atomic E-state index is 0.341. The molecule has 2 aromatic rings. The van der Waals surface area contributed by atoms with Crippen molar-refractivity contribution < 1.29 is 9.53 Å². The summed E-state index contributed by atoms with van der Waals surface area (Å²) < 4.78 is 5.69. The molecular formula is C14H10Cl2O2. The smallest absolute Gasteiger partial charge is 0.155 e. The van der Waals surface area contributed by atoms with Crippen molar-refractivity contribution in [3.63, 3.8) is 0 Å². The van der Waals surface area contributed by atoms with Crippen LogP contribution in [0.5, 0.6) is 11.5 Å². The summed E-state index contributed by atoms with van der Waals surface area (Å²) in [5.41, 5.74) is 1.23. The van der Waals surface area contributed by atoms with Gasteiger partial charge < -0.3 is 4.74 Å². The molecule has 18 heavy (non-hydrogen) atoms. The number of carbonyl (C=O) groups is 1. The van der Waals surface area contributed by atoms with E-state index in [-0.39, 0.29) is 0 Å². The molecule has 0 spiro atoms. The van der Waals surface area contributed by atoms with Crippen molar-refractivity contribution in [3.05, 3.63) is 57.6 Å². The molecule has 4 heteroatoms. The zero-order valence-electron chi connectivity index (χ0n) is 9.61. The Hall–Kier alpha value is -1.51. The molecule has 0 heterocycles. The Labute approximate surface area is 115 Å². The summed E-state index contributed by atoms with van der Waals surface area (Å²) in [7, 11) is 0. The molecule has 0 atom stereocenters. The van der Waals surface area contributed by atoms with Crippen LogP contribution in [0, 0.1) is 6.92 Å². The fourth-order valence-corrected chi connectivity index (χ4v) is 2.00. The third kappa shape index (κ3) is 2.66. The molecule has 0 aliphatic heterocycles. The monoisotopic (exact) mass is 280 g/mol. The SMILES string of the molecule is Cc1cc(Cl)ccc1Oc1cccc(Cl)c1C=O. The lowest BCUT2D eigenvalue weighted by molar-refractivity contribution is 0.112. The van der Waals surface area contributed by atoms with E-state index in [0.717, 1.165) is 5.56 Å². The molecule has 0 radical (unpaired) electrons. The van der Waals surface area contributed by atoms with Gasteiger partial charge in [0.25, 0.3) is 0 Å². The maximum absolute atomic E-state index is 11.0. The summed E-state index contributed by atoms with van der Waals surface area (Å²) >= 11 is 11.8. The molecule has 0 aliphatic rings. The predicted octanol–water partition coefficient (Wildman–Crippen LogP) is 4.91. The standard InChI is InChI=1S/C14H10Cl2O2/c1-9-7-10(15)5-6-13(9)18-14-4-2-3-12(16)11(14)8-17/h2-8H,1H3. The quantitative estimate of drug-likeness (QED) is 0.747. The zero-order chi connectivity index (χ0) is 13.1. The number of hydrogen-bond donors (Lipinski definition) is 0. The molecular weight excluding hydrogens is 271 g/mol. The van der Waals surface area contributed by atoms with E-state index in [2.05, 4.69) is 0 Å². The van der Waals surface area contributed by atoms with E-state index in [4.69, 9.17) is 27.9 Å². The lowest BCUT2D eigenvalue weighted by atomic mass is 10.2. The van der Waals surface area contributed by atoms with Crippen molar-refractivity contribution in [2.24, 2.45) is 0 Å². The van der Waals surface area contributed by atoms with Gasteiger partial charge in [0.05, 0.1) is 10.6 Å². The number of rotatable bonds is 3. The summed E-state index contributed by atoms with van der Waals surface area (Å²) in [5, 5.41) is 1.01. The fraction of sp³-hybridized carbons (Fsp3) is 0.0714. The highest BCUT2D eigenvalue weighted by Crippen LogP contribution is 2.31. The number of hydrogen-bond acceptors (Lipinski definition) is 2. The van der Waals surface area contributed by atoms with Crippen LogP contribution in [-0.4, -0.2) is 6.29 Å². The van der Waals surface area contributed by atoms with Crippen molar-refractivity contribution in [1.82, 2.24) is 0 Å². The second kappa shape index (κ2) is 5.42. The molecule has 0 saturated heterocycles. The average Bonchev–Trinajstić information content (AvgIpc) is 2.33. The molecule has 2 nitrogen and oxygen atoms in total. The van der Waals surface area contributed by atoms with E-state index in [0.29, 0.717) is 33.4 Å². The maximum atomic E-state index is 11.0. The maximum Gasteiger partial charge on any atom is 0.155 e. The van der Waals surface area contributed by atoms with Gasteiger partial charge >= 0.3 is 0 Å². The van der Waals surface area contributed by atoms with E-state index < -0.39 is 0 Å². The molecule has 0 aliphatic carbocycles. The molecule has 0 saturated carbocycles. The van der Waals surface area contributed by atoms with Gasteiger partial charge in [0.15, 0.2) is 6.29 Å². The normalized spacial score (nSPS) is 10.2. The Bertz CT molecular complexity index is 594. The Morgan fingerprint density at radius 1 is 1.11 bits per heavy atom. The molecule has 92 valence electrons. The first-order chi connectivity index (χ1) is 8.61. The number of halogens is 2. The van der Waals surface area contributed by atoms with Crippen molar-refractivity contribution in [2.45, 2.75) is 6.92 Å². The third-order valence-electron chi connectivity index (χ3n) is 2.49. The first-order valence-corrected chi connectivity index (χ1v) is 6.05.